The maximum absolute atomic E-state index is 9.03. The van der Waals surface area contributed by atoms with E-state index in [4.69, 9.17) is 10.8 Å². The van der Waals surface area contributed by atoms with Crippen LogP contribution in [0.2, 0.25) is 0 Å². The number of aliphatic hydroxyl groups is 1. The van der Waals surface area contributed by atoms with E-state index in [9.17, 15) is 0 Å². The first-order chi connectivity index (χ1) is 3.89. The highest BCUT2D eigenvalue weighted by molar-refractivity contribution is 4.76. The zero-order chi connectivity index (χ0) is 7.65. The third kappa shape index (κ3) is 1.95. The Labute approximate surface area is 57.1 Å². The normalized spacial score (nSPS) is 16.3. The summed E-state index contributed by atoms with van der Waals surface area (Å²) in [6, 6.07) is 0. The molecule has 0 heterocycles. The Bertz CT molecular complexity index is 76.9. The summed E-state index contributed by atoms with van der Waals surface area (Å²) in [4.78, 5) is 0. The smallest absolute Gasteiger partial charge is 0.107 e. The average Bonchev–Trinajstić information content (AvgIpc) is 1.65. The van der Waals surface area contributed by atoms with Crippen molar-refractivity contribution in [2.24, 2.45) is 17.1 Å². The zero-order valence-electron chi connectivity index (χ0n) is 6.68. The van der Waals surface area contributed by atoms with Crippen LogP contribution in [0.15, 0.2) is 0 Å². The highest BCUT2D eigenvalue weighted by Crippen LogP contribution is 2.27. The van der Waals surface area contributed by atoms with Crippen LogP contribution in [-0.2, 0) is 0 Å². The molecule has 0 fully saturated rings. The van der Waals surface area contributed by atoms with Crippen molar-refractivity contribution in [2.75, 3.05) is 0 Å². The molecule has 0 aromatic heterocycles. The molecule has 9 heavy (non-hydrogen) atoms. The molecule has 1 unspecified atom stereocenters. The van der Waals surface area contributed by atoms with E-state index in [0.717, 1.165) is 0 Å². The van der Waals surface area contributed by atoms with E-state index in [0.29, 0.717) is 5.92 Å². The Morgan fingerprint density at radius 2 is 1.67 bits per heavy atom. The molecular formula is C7H17NO. The van der Waals surface area contributed by atoms with Crippen molar-refractivity contribution in [1.29, 1.82) is 0 Å². The van der Waals surface area contributed by atoms with E-state index in [1.807, 2.05) is 13.8 Å². The van der Waals surface area contributed by atoms with Crippen molar-refractivity contribution < 1.29 is 5.11 Å². The summed E-state index contributed by atoms with van der Waals surface area (Å²) in [5.41, 5.74) is 5.16. The van der Waals surface area contributed by atoms with Crippen LogP contribution in [0.5, 0.6) is 0 Å². The number of hydrogen-bond donors (Lipinski definition) is 2. The molecule has 0 aliphatic heterocycles. The summed E-state index contributed by atoms with van der Waals surface area (Å²) in [6.45, 7) is 8.02. The second-order valence-electron chi connectivity index (χ2n) is 3.42. The van der Waals surface area contributed by atoms with Gasteiger partial charge in [-0.1, -0.05) is 27.7 Å². The predicted octanol–water partition coefficient (Wildman–Crippen LogP) is 0.946. The van der Waals surface area contributed by atoms with Gasteiger partial charge >= 0.3 is 0 Å². The molecule has 2 heteroatoms. The molecule has 2 nitrogen and oxygen atoms in total. The Balaban J connectivity index is 4.01. The maximum Gasteiger partial charge on any atom is 0.107 e. The van der Waals surface area contributed by atoms with Crippen LogP contribution in [0, 0.1) is 11.3 Å². The Morgan fingerprint density at radius 1 is 1.33 bits per heavy atom. The summed E-state index contributed by atoms with van der Waals surface area (Å²) in [6.07, 6.45) is -0.711. The minimum absolute atomic E-state index is 0.167. The molecule has 0 aromatic rings. The topological polar surface area (TPSA) is 46.2 Å². The molecule has 0 amide bonds. The zero-order valence-corrected chi connectivity index (χ0v) is 6.68. The van der Waals surface area contributed by atoms with E-state index < -0.39 is 6.23 Å². The van der Waals surface area contributed by atoms with Gasteiger partial charge in [0.2, 0.25) is 0 Å². The first-order valence-electron chi connectivity index (χ1n) is 3.32. The quantitative estimate of drug-likeness (QED) is 0.548. The van der Waals surface area contributed by atoms with Gasteiger partial charge in [0.1, 0.15) is 6.23 Å². The Hall–Kier alpha value is -0.0800. The molecule has 0 aliphatic rings. The summed E-state index contributed by atoms with van der Waals surface area (Å²) in [5, 5.41) is 9.03. The van der Waals surface area contributed by atoms with Gasteiger partial charge in [0, 0.05) is 5.41 Å². The molecular weight excluding hydrogens is 114 g/mol. The van der Waals surface area contributed by atoms with Crippen LogP contribution in [0.1, 0.15) is 27.7 Å². The van der Waals surface area contributed by atoms with Gasteiger partial charge in [-0.3, -0.25) is 0 Å². The average molecular weight is 131 g/mol. The van der Waals surface area contributed by atoms with Gasteiger partial charge in [0.25, 0.3) is 0 Å². The fraction of sp³-hybridized carbons (Fsp3) is 1.00. The summed E-state index contributed by atoms with van der Waals surface area (Å²) >= 11 is 0. The lowest BCUT2D eigenvalue weighted by atomic mass is 9.80. The highest BCUT2D eigenvalue weighted by atomic mass is 16.3. The predicted molar refractivity (Wildman–Crippen MR) is 38.8 cm³/mol. The van der Waals surface area contributed by atoms with E-state index in [2.05, 4.69) is 13.8 Å². The van der Waals surface area contributed by atoms with Crippen LogP contribution in [0.3, 0.4) is 0 Å². The molecule has 0 saturated heterocycles. The monoisotopic (exact) mass is 131 g/mol. The van der Waals surface area contributed by atoms with E-state index in [1.54, 1.807) is 0 Å². The van der Waals surface area contributed by atoms with Gasteiger partial charge in [-0.2, -0.15) is 0 Å². The van der Waals surface area contributed by atoms with Crippen LogP contribution >= 0.6 is 0 Å². The molecule has 0 spiro atoms. The first-order valence-corrected chi connectivity index (χ1v) is 3.32. The van der Waals surface area contributed by atoms with Crippen molar-refractivity contribution in [3.63, 3.8) is 0 Å². The van der Waals surface area contributed by atoms with Crippen molar-refractivity contribution in [2.45, 2.75) is 33.9 Å². The number of rotatable bonds is 2. The van der Waals surface area contributed by atoms with Crippen molar-refractivity contribution in [3.05, 3.63) is 0 Å². The van der Waals surface area contributed by atoms with Gasteiger partial charge in [-0.15, -0.1) is 0 Å². The highest BCUT2D eigenvalue weighted by Gasteiger charge is 2.27. The minimum Gasteiger partial charge on any atom is -0.378 e. The SMILES string of the molecule is CC(C)C(C)(C)C(N)O. The van der Waals surface area contributed by atoms with Gasteiger partial charge in [0.05, 0.1) is 0 Å². The molecule has 0 saturated carbocycles. The summed E-state index contributed by atoms with van der Waals surface area (Å²) in [5.74, 6) is 0.414. The van der Waals surface area contributed by atoms with Crippen LogP contribution in [-0.4, -0.2) is 11.3 Å². The lowest BCUT2D eigenvalue weighted by Gasteiger charge is -2.31. The number of aliphatic hydroxyl groups excluding tert-OH is 1. The van der Waals surface area contributed by atoms with Gasteiger partial charge in [0.15, 0.2) is 0 Å². The first kappa shape index (κ1) is 8.92. The number of nitrogens with two attached hydrogens (primary N) is 1. The van der Waals surface area contributed by atoms with Gasteiger partial charge < -0.3 is 10.8 Å². The molecule has 1 atom stereocenters. The van der Waals surface area contributed by atoms with E-state index in [1.165, 1.54) is 0 Å². The standard InChI is InChI=1S/C7H17NO/c1-5(2)7(3,4)6(8)9/h5-6,9H,8H2,1-4H3. The second-order valence-corrected chi connectivity index (χ2v) is 3.42. The Kier molecular flexibility index (Phi) is 2.65. The lowest BCUT2D eigenvalue weighted by molar-refractivity contribution is 0.0224. The fourth-order valence-electron chi connectivity index (χ4n) is 0.342. The summed E-state index contributed by atoms with van der Waals surface area (Å²) in [7, 11) is 0. The summed E-state index contributed by atoms with van der Waals surface area (Å²) < 4.78 is 0. The third-order valence-electron chi connectivity index (χ3n) is 2.25. The molecule has 0 radical (unpaired) electrons. The minimum atomic E-state index is -0.711. The molecule has 0 aliphatic carbocycles. The van der Waals surface area contributed by atoms with Crippen molar-refractivity contribution in [1.82, 2.24) is 0 Å². The van der Waals surface area contributed by atoms with Crippen LogP contribution < -0.4 is 5.73 Å². The molecule has 0 bridgehead atoms. The maximum atomic E-state index is 9.03. The second kappa shape index (κ2) is 2.67. The Morgan fingerprint density at radius 3 is 1.67 bits per heavy atom. The van der Waals surface area contributed by atoms with Crippen LogP contribution in [0.4, 0.5) is 0 Å². The van der Waals surface area contributed by atoms with E-state index >= 15 is 0 Å². The lowest BCUT2D eigenvalue weighted by Crippen LogP contribution is -2.40. The molecule has 3 N–H and O–H groups in total. The van der Waals surface area contributed by atoms with Crippen LogP contribution in [0.25, 0.3) is 0 Å². The van der Waals surface area contributed by atoms with Crippen molar-refractivity contribution >= 4 is 0 Å². The van der Waals surface area contributed by atoms with Gasteiger partial charge in [-0.25, -0.2) is 0 Å². The molecule has 0 rings (SSSR count). The number of hydrogen-bond acceptors (Lipinski definition) is 2. The fourth-order valence-corrected chi connectivity index (χ4v) is 0.342. The largest absolute Gasteiger partial charge is 0.378 e. The molecule has 0 aromatic carbocycles. The molecule has 56 valence electrons. The third-order valence-corrected chi connectivity index (χ3v) is 2.25. The van der Waals surface area contributed by atoms with E-state index in [-0.39, 0.29) is 5.41 Å². The van der Waals surface area contributed by atoms with Crippen molar-refractivity contribution in [3.8, 4) is 0 Å². The van der Waals surface area contributed by atoms with Gasteiger partial charge in [-0.05, 0) is 5.92 Å².